The van der Waals surface area contributed by atoms with Crippen molar-refractivity contribution in [3.8, 4) is 0 Å². The van der Waals surface area contributed by atoms with Gasteiger partial charge in [0.25, 0.3) is 0 Å². The third kappa shape index (κ3) is 3.04. The molecular formula is C18H17NO. The first-order valence-corrected chi connectivity index (χ1v) is 6.37. The molecule has 0 spiro atoms. The average molecular weight is 263 g/mol. The first kappa shape index (κ1) is 13.8. The van der Waals surface area contributed by atoms with Crippen LogP contribution in [0.5, 0.6) is 0 Å². The van der Waals surface area contributed by atoms with Gasteiger partial charge in [-0.1, -0.05) is 49.6 Å². The number of hydrogen-bond acceptors (Lipinski definition) is 2. The van der Waals surface area contributed by atoms with Gasteiger partial charge in [-0.05, 0) is 30.7 Å². The molecule has 0 saturated heterocycles. The predicted octanol–water partition coefficient (Wildman–Crippen LogP) is 4.82. The number of hydrogen-bond donors (Lipinski definition) is 1. The Kier molecular flexibility index (Phi) is 4.16. The molecule has 100 valence electrons. The monoisotopic (exact) mass is 263 g/mol. The van der Waals surface area contributed by atoms with Crippen molar-refractivity contribution in [1.29, 1.82) is 0 Å². The summed E-state index contributed by atoms with van der Waals surface area (Å²) in [6.45, 7) is 9.13. The van der Waals surface area contributed by atoms with Crippen LogP contribution >= 0.6 is 0 Å². The van der Waals surface area contributed by atoms with Crippen LogP contribution in [0.15, 0.2) is 79.1 Å². The summed E-state index contributed by atoms with van der Waals surface area (Å²) in [6, 6.07) is 12.0. The molecular weight excluding hydrogens is 246 g/mol. The second kappa shape index (κ2) is 6.02. The highest BCUT2D eigenvalue weighted by Gasteiger charge is 2.02. The zero-order valence-corrected chi connectivity index (χ0v) is 11.5. The van der Waals surface area contributed by atoms with Crippen molar-refractivity contribution in [2.24, 2.45) is 0 Å². The zero-order valence-electron chi connectivity index (χ0n) is 11.5. The number of pyridine rings is 1. The Balaban J connectivity index is 2.44. The lowest BCUT2D eigenvalue weighted by Crippen LogP contribution is -1.90. The van der Waals surface area contributed by atoms with E-state index in [0.29, 0.717) is 5.57 Å². The molecule has 0 unspecified atom stereocenters. The van der Waals surface area contributed by atoms with Gasteiger partial charge in [0, 0.05) is 11.0 Å². The van der Waals surface area contributed by atoms with Crippen molar-refractivity contribution < 1.29 is 5.11 Å². The molecule has 0 saturated carbocycles. The number of allylic oxidation sites excluding steroid dienone is 4. The van der Waals surface area contributed by atoms with E-state index in [0.717, 1.165) is 22.2 Å². The van der Waals surface area contributed by atoms with Crippen LogP contribution in [0.25, 0.3) is 16.5 Å². The molecule has 2 heteroatoms. The van der Waals surface area contributed by atoms with Gasteiger partial charge in [0.15, 0.2) is 0 Å². The van der Waals surface area contributed by atoms with Crippen LogP contribution in [0.1, 0.15) is 12.6 Å². The first-order chi connectivity index (χ1) is 9.61. The largest absolute Gasteiger partial charge is 0.508 e. The Hall–Kier alpha value is -2.61. The molecule has 1 N–H and O–H groups in total. The van der Waals surface area contributed by atoms with Crippen molar-refractivity contribution in [2.75, 3.05) is 0 Å². The van der Waals surface area contributed by atoms with Crippen LogP contribution in [-0.2, 0) is 0 Å². The Morgan fingerprint density at radius 1 is 1.20 bits per heavy atom. The minimum Gasteiger partial charge on any atom is -0.508 e. The van der Waals surface area contributed by atoms with Gasteiger partial charge in [-0.15, -0.1) is 0 Å². The highest BCUT2D eigenvalue weighted by Crippen LogP contribution is 2.20. The Morgan fingerprint density at radius 2 is 1.95 bits per heavy atom. The van der Waals surface area contributed by atoms with E-state index in [1.54, 1.807) is 12.2 Å². The van der Waals surface area contributed by atoms with E-state index in [-0.39, 0.29) is 5.76 Å². The minimum absolute atomic E-state index is 0.0186. The van der Waals surface area contributed by atoms with E-state index in [1.807, 2.05) is 49.4 Å². The van der Waals surface area contributed by atoms with E-state index in [9.17, 15) is 5.11 Å². The maximum absolute atomic E-state index is 9.54. The topological polar surface area (TPSA) is 33.1 Å². The first-order valence-electron chi connectivity index (χ1n) is 6.37. The fraction of sp³-hybridized carbons (Fsp3) is 0.0556. The molecule has 1 aromatic heterocycles. The second-order valence-corrected chi connectivity index (χ2v) is 4.52. The van der Waals surface area contributed by atoms with Gasteiger partial charge in [0.05, 0.1) is 11.2 Å². The standard InChI is InChI=1S/C18H17NO/c1-4-7-16(14(3)20)12-13(2)17-11-10-15-8-5-6-9-18(15)19-17/h4-12,20H,1,3H2,2H3/b13-12+,16-7-. The lowest BCUT2D eigenvalue weighted by atomic mass is 10.1. The predicted molar refractivity (Wildman–Crippen MR) is 85.4 cm³/mol. The summed E-state index contributed by atoms with van der Waals surface area (Å²) in [5, 5.41) is 10.6. The quantitative estimate of drug-likeness (QED) is 0.633. The molecule has 0 atom stereocenters. The van der Waals surface area contributed by atoms with E-state index in [1.165, 1.54) is 0 Å². The third-order valence-corrected chi connectivity index (χ3v) is 3.01. The normalized spacial score (nSPS) is 12.4. The lowest BCUT2D eigenvalue weighted by molar-refractivity contribution is 0.429. The number of para-hydroxylation sites is 1. The lowest BCUT2D eigenvalue weighted by Gasteiger charge is -2.05. The van der Waals surface area contributed by atoms with Crippen LogP contribution in [0.2, 0.25) is 0 Å². The average Bonchev–Trinajstić information content (AvgIpc) is 2.46. The Labute approximate surface area is 119 Å². The number of aromatic nitrogens is 1. The van der Waals surface area contributed by atoms with Crippen molar-refractivity contribution in [2.45, 2.75) is 6.92 Å². The molecule has 0 aliphatic heterocycles. The van der Waals surface area contributed by atoms with Gasteiger partial charge >= 0.3 is 0 Å². The zero-order chi connectivity index (χ0) is 14.5. The molecule has 1 heterocycles. The summed E-state index contributed by atoms with van der Waals surface area (Å²) in [4.78, 5) is 4.62. The maximum atomic E-state index is 9.54. The fourth-order valence-corrected chi connectivity index (χ4v) is 1.95. The number of aliphatic hydroxyl groups excluding tert-OH is 1. The number of benzene rings is 1. The van der Waals surface area contributed by atoms with Gasteiger partial charge < -0.3 is 5.11 Å². The van der Waals surface area contributed by atoms with E-state index >= 15 is 0 Å². The number of rotatable bonds is 4. The molecule has 0 amide bonds. The SMILES string of the molecule is C=C/C=C(/C=C(\C)c1ccc2ccccc2n1)C(=C)O. The summed E-state index contributed by atoms with van der Waals surface area (Å²) in [5.74, 6) is 0.0186. The summed E-state index contributed by atoms with van der Waals surface area (Å²) in [7, 11) is 0. The smallest absolute Gasteiger partial charge is 0.115 e. The minimum atomic E-state index is 0.0186. The Bertz CT molecular complexity index is 723. The molecule has 1 aromatic carbocycles. The van der Waals surface area contributed by atoms with Crippen LogP contribution in [-0.4, -0.2) is 10.1 Å². The molecule has 2 aromatic rings. The van der Waals surface area contributed by atoms with E-state index in [2.05, 4.69) is 18.1 Å². The summed E-state index contributed by atoms with van der Waals surface area (Å²) in [5.41, 5.74) is 3.42. The molecule has 0 bridgehead atoms. The molecule has 0 radical (unpaired) electrons. The van der Waals surface area contributed by atoms with Crippen LogP contribution < -0.4 is 0 Å². The third-order valence-electron chi connectivity index (χ3n) is 3.01. The highest BCUT2D eigenvalue weighted by atomic mass is 16.3. The van der Waals surface area contributed by atoms with Crippen molar-refractivity contribution in [3.05, 3.63) is 84.8 Å². The van der Waals surface area contributed by atoms with Gasteiger partial charge in [-0.25, -0.2) is 4.98 Å². The molecule has 0 fully saturated rings. The number of aliphatic hydroxyl groups is 1. The molecule has 20 heavy (non-hydrogen) atoms. The van der Waals surface area contributed by atoms with Crippen molar-refractivity contribution >= 4 is 16.5 Å². The number of fused-ring (bicyclic) bond motifs is 1. The van der Waals surface area contributed by atoms with Crippen molar-refractivity contribution in [3.63, 3.8) is 0 Å². The van der Waals surface area contributed by atoms with Gasteiger partial charge in [-0.2, -0.15) is 0 Å². The summed E-state index contributed by atoms with van der Waals surface area (Å²) in [6.07, 6.45) is 5.18. The maximum Gasteiger partial charge on any atom is 0.115 e. The van der Waals surface area contributed by atoms with E-state index < -0.39 is 0 Å². The van der Waals surface area contributed by atoms with Crippen LogP contribution in [0, 0.1) is 0 Å². The van der Waals surface area contributed by atoms with Crippen LogP contribution in [0.4, 0.5) is 0 Å². The second-order valence-electron chi connectivity index (χ2n) is 4.52. The summed E-state index contributed by atoms with van der Waals surface area (Å²) >= 11 is 0. The van der Waals surface area contributed by atoms with Crippen LogP contribution in [0.3, 0.4) is 0 Å². The molecule has 0 aliphatic rings. The van der Waals surface area contributed by atoms with Gasteiger partial charge in [0.2, 0.25) is 0 Å². The van der Waals surface area contributed by atoms with Gasteiger partial charge in [-0.3, -0.25) is 0 Å². The highest BCUT2D eigenvalue weighted by molar-refractivity contribution is 5.81. The summed E-state index contributed by atoms with van der Waals surface area (Å²) < 4.78 is 0. The van der Waals surface area contributed by atoms with E-state index in [4.69, 9.17) is 0 Å². The Morgan fingerprint density at radius 3 is 2.65 bits per heavy atom. The molecule has 2 nitrogen and oxygen atoms in total. The fourth-order valence-electron chi connectivity index (χ4n) is 1.95. The van der Waals surface area contributed by atoms with Gasteiger partial charge in [0.1, 0.15) is 5.76 Å². The molecule has 0 aliphatic carbocycles. The molecule has 2 rings (SSSR count). The van der Waals surface area contributed by atoms with Crippen molar-refractivity contribution in [1.82, 2.24) is 4.98 Å². The number of nitrogens with zero attached hydrogens (tertiary/aromatic N) is 1.